The van der Waals surface area contributed by atoms with Gasteiger partial charge in [-0.2, -0.15) is 11.3 Å². The van der Waals surface area contributed by atoms with E-state index in [1.54, 1.807) is 24.8 Å². The molecule has 1 heterocycles. The van der Waals surface area contributed by atoms with Crippen LogP contribution in [0, 0.1) is 23.2 Å². The molecule has 0 radical (unpaired) electrons. The molecule has 4 bridgehead atoms. The summed E-state index contributed by atoms with van der Waals surface area (Å²) in [5, 5.41) is 8.48. The Bertz CT molecular complexity index is 401. The van der Waals surface area contributed by atoms with Gasteiger partial charge in [-0.3, -0.25) is 0 Å². The summed E-state index contributed by atoms with van der Waals surface area (Å²) in [7, 11) is 0. The summed E-state index contributed by atoms with van der Waals surface area (Å²) in [5.41, 5.74) is 2.15. The van der Waals surface area contributed by atoms with Crippen molar-refractivity contribution in [2.45, 2.75) is 51.5 Å². The second-order valence-corrected chi connectivity index (χ2v) is 8.11. The van der Waals surface area contributed by atoms with E-state index >= 15 is 0 Å². The lowest BCUT2D eigenvalue weighted by molar-refractivity contribution is -0.0745. The Hall–Kier alpha value is -0.340. The molecule has 0 spiro atoms. The van der Waals surface area contributed by atoms with E-state index < -0.39 is 0 Å². The highest BCUT2D eigenvalue weighted by molar-refractivity contribution is 7.07. The van der Waals surface area contributed by atoms with Crippen molar-refractivity contribution in [1.82, 2.24) is 5.32 Å². The van der Waals surface area contributed by atoms with Crippen LogP contribution in [0.25, 0.3) is 0 Å². The summed E-state index contributed by atoms with van der Waals surface area (Å²) in [6, 6.07) is 2.98. The van der Waals surface area contributed by atoms with E-state index in [4.69, 9.17) is 0 Å². The Morgan fingerprint density at radius 2 is 1.84 bits per heavy atom. The van der Waals surface area contributed by atoms with Crippen LogP contribution in [0.4, 0.5) is 0 Å². The molecular weight excluding hydrogens is 250 g/mol. The fraction of sp³-hybridized carbons (Fsp3) is 0.765. The van der Waals surface area contributed by atoms with Crippen LogP contribution in [0.5, 0.6) is 0 Å². The van der Waals surface area contributed by atoms with Gasteiger partial charge in [-0.25, -0.2) is 0 Å². The topological polar surface area (TPSA) is 12.0 Å². The van der Waals surface area contributed by atoms with E-state index in [1.165, 1.54) is 19.3 Å². The molecule has 1 atom stereocenters. The number of nitrogens with one attached hydrogen (secondary N) is 1. The first-order valence-corrected chi connectivity index (χ1v) is 8.99. The van der Waals surface area contributed by atoms with Crippen LogP contribution in [0.2, 0.25) is 0 Å². The van der Waals surface area contributed by atoms with Crippen LogP contribution >= 0.6 is 11.3 Å². The molecule has 1 aromatic heterocycles. The molecule has 4 saturated carbocycles. The number of thiophene rings is 1. The second-order valence-electron chi connectivity index (χ2n) is 7.33. The molecule has 0 aromatic carbocycles. The third-order valence-electron chi connectivity index (χ3n) is 5.98. The van der Waals surface area contributed by atoms with E-state index in [0.29, 0.717) is 11.5 Å². The molecule has 19 heavy (non-hydrogen) atoms. The maximum Gasteiger partial charge on any atom is 0.0385 e. The molecule has 4 aliphatic rings. The summed E-state index contributed by atoms with van der Waals surface area (Å²) in [6.07, 6.45) is 9.11. The molecule has 1 nitrogen and oxygen atoms in total. The van der Waals surface area contributed by atoms with E-state index in [1.807, 2.05) is 11.3 Å². The molecule has 104 valence electrons. The van der Waals surface area contributed by atoms with Crippen molar-refractivity contribution in [3.63, 3.8) is 0 Å². The van der Waals surface area contributed by atoms with Gasteiger partial charge in [0.2, 0.25) is 0 Å². The van der Waals surface area contributed by atoms with Gasteiger partial charge in [0.1, 0.15) is 0 Å². The van der Waals surface area contributed by atoms with Crippen molar-refractivity contribution in [3.05, 3.63) is 22.4 Å². The van der Waals surface area contributed by atoms with Crippen LogP contribution in [-0.2, 0) is 0 Å². The predicted octanol–water partition coefficient (Wildman–Crippen LogP) is 4.62. The van der Waals surface area contributed by atoms with Gasteiger partial charge in [-0.05, 0) is 90.6 Å². The van der Waals surface area contributed by atoms with Crippen molar-refractivity contribution in [1.29, 1.82) is 0 Å². The molecule has 0 amide bonds. The lowest BCUT2D eigenvalue weighted by atomic mass is 9.47. The minimum absolute atomic E-state index is 0.589. The number of hydrogen-bond donors (Lipinski definition) is 1. The second kappa shape index (κ2) is 4.60. The average molecular weight is 275 g/mol. The van der Waals surface area contributed by atoms with Crippen molar-refractivity contribution in [2.75, 3.05) is 6.54 Å². The minimum Gasteiger partial charge on any atom is -0.310 e. The average Bonchev–Trinajstić information content (AvgIpc) is 2.87. The smallest absolute Gasteiger partial charge is 0.0385 e. The highest BCUT2D eigenvalue weighted by Gasteiger charge is 2.54. The maximum absolute atomic E-state index is 3.85. The Kier molecular flexibility index (Phi) is 3.00. The zero-order valence-electron chi connectivity index (χ0n) is 11.9. The molecule has 5 rings (SSSR count). The lowest BCUT2D eigenvalue weighted by Crippen LogP contribution is -2.51. The van der Waals surface area contributed by atoms with Gasteiger partial charge in [0.05, 0.1) is 0 Å². The van der Waals surface area contributed by atoms with E-state index in [2.05, 4.69) is 29.1 Å². The first-order chi connectivity index (χ1) is 9.29. The molecule has 0 aliphatic heterocycles. The zero-order chi connectivity index (χ0) is 12.9. The van der Waals surface area contributed by atoms with Crippen LogP contribution in [0.15, 0.2) is 16.8 Å². The Morgan fingerprint density at radius 1 is 1.21 bits per heavy atom. The largest absolute Gasteiger partial charge is 0.310 e. The zero-order valence-corrected chi connectivity index (χ0v) is 12.7. The van der Waals surface area contributed by atoms with Gasteiger partial charge in [-0.1, -0.05) is 6.92 Å². The Balaban J connectivity index is 1.68. The maximum atomic E-state index is 3.85. The van der Waals surface area contributed by atoms with Gasteiger partial charge in [0.15, 0.2) is 0 Å². The Labute approximate surface area is 120 Å². The van der Waals surface area contributed by atoms with Gasteiger partial charge >= 0.3 is 0 Å². The fourth-order valence-corrected chi connectivity index (χ4v) is 6.55. The standard InChI is InChI=1S/C17H25NS/c1-2-18-16(15-3-4-19-11-15)17-8-12-5-13(9-17)7-14(6-12)10-17/h3-4,11-14,16,18H,2,5-10H2,1H3. The van der Waals surface area contributed by atoms with Gasteiger partial charge in [-0.15, -0.1) is 0 Å². The Morgan fingerprint density at radius 3 is 2.32 bits per heavy atom. The van der Waals surface area contributed by atoms with Crippen LogP contribution in [-0.4, -0.2) is 6.54 Å². The summed E-state index contributed by atoms with van der Waals surface area (Å²) in [6.45, 7) is 3.36. The first-order valence-electron chi connectivity index (χ1n) is 8.04. The molecule has 1 N–H and O–H groups in total. The first kappa shape index (κ1) is 12.4. The lowest BCUT2D eigenvalue weighted by Gasteiger charge is -2.59. The predicted molar refractivity (Wildman–Crippen MR) is 81.3 cm³/mol. The molecule has 0 saturated heterocycles. The van der Waals surface area contributed by atoms with E-state index in [-0.39, 0.29) is 0 Å². The third kappa shape index (κ3) is 1.99. The summed E-state index contributed by atoms with van der Waals surface area (Å²) in [4.78, 5) is 0. The van der Waals surface area contributed by atoms with Crippen molar-refractivity contribution in [2.24, 2.45) is 23.2 Å². The quantitative estimate of drug-likeness (QED) is 0.846. The molecule has 4 fully saturated rings. The highest BCUT2D eigenvalue weighted by atomic mass is 32.1. The summed E-state index contributed by atoms with van der Waals surface area (Å²) < 4.78 is 0. The normalized spacial score (nSPS) is 41.6. The van der Waals surface area contributed by atoms with E-state index in [0.717, 1.165) is 24.3 Å². The minimum atomic E-state index is 0.589. The van der Waals surface area contributed by atoms with Crippen LogP contribution < -0.4 is 5.32 Å². The van der Waals surface area contributed by atoms with Crippen molar-refractivity contribution >= 4 is 11.3 Å². The van der Waals surface area contributed by atoms with Crippen molar-refractivity contribution < 1.29 is 0 Å². The van der Waals surface area contributed by atoms with Crippen LogP contribution in [0.3, 0.4) is 0 Å². The molecule has 1 aromatic rings. The van der Waals surface area contributed by atoms with E-state index in [9.17, 15) is 0 Å². The number of hydrogen-bond acceptors (Lipinski definition) is 2. The monoisotopic (exact) mass is 275 g/mol. The highest BCUT2D eigenvalue weighted by Crippen LogP contribution is 2.64. The summed E-state index contributed by atoms with van der Waals surface area (Å²) >= 11 is 1.86. The van der Waals surface area contributed by atoms with Crippen LogP contribution in [0.1, 0.15) is 57.1 Å². The number of rotatable bonds is 4. The third-order valence-corrected chi connectivity index (χ3v) is 6.68. The molecule has 4 aliphatic carbocycles. The fourth-order valence-electron chi connectivity index (χ4n) is 5.86. The van der Waals surface area contributed by atoms with Crippen molar-refractivity contribution in [3.8, 4) is 0 Å². The summed E-state index contributed by atoms with van der Waals surface area (Å²) in [5.74, 6) is 3.14. The molecule has 1 unspecified atom stereocenters. The van der Waals surface area contributed by atoms with Gasteiger partial charge in [0.25, 0.3) is 0 Å². The SMILES string of the molecule is CCNC(c1ccsc1)C12CC3CC(CC(C3)C1)C2. The molecular formula is C17H25NS. The molecule has 2 heteroatoms. The van der Waals surface area contributed by atoms with Gasteiger partial charge < -0.3 is 5.32 Å². The van der Waals surface area contributed by atoms with Gasteiger partial charge in [0, 0.05) is 6.04 Å².